The zero-order chi connectivity index (χ0) is 18.6. The SMILES string of the molecule is O=C(NCc1ccc(S(=O)(=O)Nc2ccc(I)cc2)s1)c1ccccc1. The van der Waals surface area contributed by atoms with Gasteiger partial charge >= 0.3 is 0 Å². The molecule has 1 amide bonds. The van der Waals surface area contributed by atoms with E-state index in [0.29, 0.717) is 11.3 Å². The first-order valence-electron chi connectivity index (χ1n) is 7.64. The number of anilines is 1. The Kier molecular flexibility index (Phi) is 5.94. The van der Waals surface area contributed by atoms with E-state index < -0.39 is 10.0 Å². The van der Waals surface area contributed by atoms with Crippen molar-refractivity contribution in [2.75, 3.05) is 4.72 Å². The van der Waals surface area contributed by atoms with Crippen LogP contribution >= 0.6 is 33.9 Å². The van der Waals surface area contributed by atoms with Gasteiger partial charge < -0.3 is 5.32 Å². The fraction of sp³-hybridized carbons (Fsp3) is 0.0556. The summed E-state index contributed by atoms with van der Waals surface area (Å²) in [5, 5.41) is 2.79. The quantitative estimate of drug-likeness (QED) is 0.503. The molecule has 8 heteroatoms. The van der Waals surface area contributed by atoms with Crippen LogP contribution in [0.5, 0.6) is 0 Å². The number of carbonyl (C=O) groups excluding carboxylic acids is 1. The summed E-state index contributed by atoms with van der Waals surface area (Å²) in [6, 6.07) is 19.2. The summed E-state index contributed by atoms with van der Waals surface area (Å²) >= 11 is 3.29. The first kappa shape index (κ1) is 18.9. The summed E-state index contributed by atoms with van der Waals surface area (Å²) in [7, 11) is -3.64. The number of rotatable bonds is 6. The highest BCUT2D eigenvalue weighted by Gasteiger charge is 2.17. The third-order valence-corrected chi connectivity index (χ3v) is 7.13. The van der Waals surface area contributed by atoms with E-state index in [9.17, 15) is 13.2 Å². The van der Waals surface area contributed by atoms with Gasteiger partial charge in [-0.05, 0) is 71.1 Å². The maximum absolute atomic E-state index is 12.5. The Bertz CT molecular complexity index is 1000. The van der Waals surface area contributed by atoms with Crippen LogP contribution in [0.15, 0.2) is 70.9 Å². The largest absolute Gasteiger partial charge is 0.347 e. The van der Waals surface area contributed by atoms with Gasteiger partial charge in [0.05, 0.1) is 6.54 Å². The number of benzene rings is 2. The molecule has 5 nitrogen and oxygen atoms in total. The maximum Gasteiger partial charge on any atom is 0.271 e. The molecule has 0 bridgehead atoms. The second-order valence-electron chi connectivity index (χ2n) is 5.38. The van der Waals surface area contributed by atoms with Crippen LogP contribution in [0.3, 0.4) is 0 Å². The van der Waals surface area contributed by atoms with E-state index in [2.05, 4.69) is 32.6 Å². The molecule has 3 aromatic rings. The van der Waals surface area contributed by atoms with E-state index in [4.69, 9.17) is 0 Å². The van der Waals surface area contributed by atoms with E-state index in [1.165, 1.54) is 0 Å². The lowest BCUT2D eigenvalue weighted by atomic mass is 10.2. The second-order valence-corrected chi connectivity index (χ2v) is 9.71. The van der Waals surface area contributed by atoms with Crippen molar-refractivity contribution in [1.29, 1.82) is 0 Å². The predicted molar refractivity (Wildman–Crippen MR) is 112 cm³/mol. The molecule has 0 saturated heterocycles. The van der Waals surface area contributed by atoms with Gasteiger partial charge in [0.15, 0.2) is 0 Å². The Morgan fingerprint density at radius 3 is 2.35 bits per heavy atom. The number of halogens is 1. The molecule has 1 heterocycles. The zero-order valence-corrected chi connectivity index (χ0v) is 17.3. The Morgan fingerprint density at radius 2 is 1.65 bits per heavy atom. The number of thiophene rings is 1. The molecule has 0 radical (unpaired) electrons. The van der Waals surface area contributed by atoms with Gasteiger partial charge in [-0.25, -0.2) is 8.42 Å². The number of carbonyl (C=O) groups is 1. The zero-order valence-electron chi connectivity index (χ0n) is 13.5. The van der Waals surface area contributed by atoms with E-state index in [-0.39, 0.29) is 16.7 Å². The average Bonchev–Trinajstić information content (AvgIpc) is 3.12. The van der Waals surface area contributed by atoms with Gasteiger partial charge in [0, 0.05) is 19.7 Å². The Labute approximate surface area is 169 Å². The maximum atomic E-state index is 12.5. The molecule has 0 aliphatic rings. The molecule has 0 unspecified atom stereocenters. The number of sulfonamides is 1. The van der Waals surface area contributed by atoms with Crippen molar-refractivity contribution in [2.24, 2.45) is 0 Å². The van der Waals surface area contributed by atoms with Crippen molar-refractivity contribution in [3.05, 3.63) is 80.7 Å². The fourth-order valence-electron chi connectivity index (χ4n) is 2.18. The molecule has 0 spiro atoms. The van der Waals surface area contributed by atoms with E-state index in [1.807, 2.05) is 18.2 Å². The Hall–Kier alpha value is -1.91. The van der Waals surface area contributed by atoms with E-state index in [0.717, 1.165) is 19.8 Å². The fourth-order valence-corrected chi connectivity index (χ4v) is 4.89. The van der Waals surface area contributed by atoms with Crippen LogP contribution in [0.4, 0.5) is 5.69 Å². The highest BCUT2D eigenvalue weighted by atomic mass is 127. The standard InChI is InChI=1S/C18H15IN2O3S2/c19-14-6-8-15(9-7-14)21-26(23,24)17-11-10-16(25-17)12-20-18(22)13-4-2-1-3-5-13/h1-11,21H,12H2,(H,20,22). The summed E-state index contributed by atoms with van der Waals surface area (Å²) in [5.41, 5.74) is 1.08. The summed E-state index contributed by atoms with van der Waals surface area (Å²) in [6.07, 6.45) is 0. The van der Waals surface area contributed by atoms with Crippen LogP contribution < -0.4 is 10.0 Å². The van der Waals surface area contributed by atoms with Gasteiger partial charge in [0.2, 0.25) is 0 Å². The molecular weight excluding hydrogens is 483 g/mol. The van der Waals surface area contributed by atoms with Crippen LogP contribution in [0.2, 0.25) is 0 Å². The highest BCUT2D eigenvalue weighted by molar-refractivity contribution is 14.1. The summed E-state index contributed by atoms with van der Waals surface area (Å²) in [5.74, 6) is -0.194. The topological polar surface area (TPSA) is 75.3 Å². The smallest absolute Gasteiger partial charge is 0.271 e. The molecule has 0 aliphatic carbocycles. The first-order valence-corrected chi connectivity index (χ1v) is 11.0. The average molecular weight is 498 g/mol. The molecule has 26 heavy (non-hydrogen) atoms. The number of nitrogens with one attached hydrogen (secondary N) is 2. The van der Waals surface area contributed by atoms with Gasteiger partial charge in [-0.1, -0.05) is 18.2 Å². The van der Waals surface area contributed by atoms with Crippen molar-refractivity contribution >= 4 is 55.5 Å². The predicted octanol–water partition coefficient (Wildman–Crippen LogP) is 4.08. The molecule has 2 N–H and O–H groups in total. The van der Waals surface area contributed by atoms with Crippen molar-refractivity contribution in [3.63, 3.8) is 0 Å². The van der Waals surface area contributed by atoms with E-state index >= 15 is 0 Å². The van der Waals surface area contributed by atoms with Gasteiger partial charge in [0.1, 0.15) is 4.21 Å². The summed E-state index contributed by atoms with van der Waals surface area (Å²) in [6.45, 7) is 0.275. The molecule has 0 atom stereocenters. The first-order chi connectivity index (χ1) is 12.4. The normalized spacial score (nSPS) is 11.1. The van der Waals surface area contributed by atoms with Crippen LogP contribution in [0.25, 0.3) is 0 Å². The van der Waals surface area contributed by atoms with Crippen LogP contribution in [0.1, 0.15) is 15.2 Å². The lowest BCUT2D eigenvalue weighted by Gasteiger charge is -2.06. The molecule has 1 aromatic heterocycles. The molecule has 2 aromatic carbocycles. The Morgan fingerprint density at radius 1 is 0.962 bits per heavy atom. The molecular formula is C18H15IN2O3S2. The van der Waals surface area contributed by atoms with E-state index in [1.54, 1.807) is 48.5 Å². The number of hydrogen-bond acceptors (Lipinski definition) is 4. The van der Waals surface area contributed by atoms with Crippen LogP contribution in [0, 0.1) is 3.57 Å². The summed E-state index contributed by atoms with van der Waals surface area (Å²) < 4.78 is 28.7. The molecule has 0 saturated carbocycles. The van der Waals surface area contributed by atoms with Crippen LogP contribution in [-0.4, -0.2) is 14.3 Å². The molecule has 3 rings (SSSR count). The third kappa shape index (κ3) is 4.83. The van der Waals surface area contributed by atoms with Crippen molar-refractivity contribution in [2.45, 2.75) is 10.8 Å². The third-order valence-electron chi connectivity index (χ3n) is 3.46. The highest BCUT2D eigenvalue weighted by Crippen LogP contribution is 2.24. The van der Waals surface area contributed by atoms with Gasteiger partial charge in [-0.2, -0.15) is 0 Å². The number of hydrogen-bond donors (Lipinski definition) is 2. The molecule has 134 valence electrons. The van der Waals surface area contributed by atoms with Crippen molar-refractivity contribution in [1.82, 2.24) is 5.32 Å². The second kappa shape index (κ2) is 8.19. The molecule has 0 fully saturated rings. The van der Waals surface area contributed by atoms with Crippen molar-refractivity contribution < 1.29 is 13.2 Å². The van der Waals surface area contributed by atoms with Crippen LogP contribution in [-0.2, 0) is 16.6 Å². The minimum absolute atomic E-state index is 0.194. The minimum Gasteiger partial charge on any atom is -0.347 e. The van der Waals surface area contributed by atoms with Crippen molar-refractivity contribution in [3.8, 4) is 0 Å². The van der Waals surface area contributed by atoms with Gasteiger partial charge in [-0.15, -0.1) is 11.3 Å². The number of amides is 1. The lowest BCUT2D eigenvalue weighted by Crippen LogP contribution is -2.22. The van der Waals surface area contributed by atoms with Gasteiger partial charge in [-0.3, -0.25) is 9.52 Å². The summed E-state index contributed by atoms with van der Waals surface area (Å²) in [4.78, 5) is 12.8. The minimum atomic E-state index is -3.64. The molecule has 0 aliphatic heterocycles. The van der Waals surface area contributed by atoms with Gasteiger partial charge in [0.25, 0.3) is 15.9 Å². The Balaban J connectivity index is 1.65. The monoisotopic (exact) mass is 498 g/mol. The lowest BCUT2D eigenvalue weighted by molar-refractivity contribution is 0.0951.